The fraction of sp³-hybridized carbons (Fsp3) is 0.286. The first kappa shape index (κ1) is 20.9. The number of thioether (sulfide) groups is 1. The SMILES string of the molecule is COc1ccc(NC(=O)CSc2nnc(C)n3c2cc2oc(C)cc23)c(OC)c1OC. The molecule has 1 aromatic carbocycles. The molecule has 0 aliphatic heterocycles. The molecular formula is C21H22N4O5S. The largest absolute Gasteiger partial charge is 0.493 e. The normalized spacial score (nSPS) is 11.1. The lowest BCUT2D eigenvalue weighted by molar-refractivity contribution is -0.113. The van der Waals surface area contributed by atoms with Crippen LogP contribution in [0.4, 0.5) is 5.69 Å². The highest BCUT2D eigenvalue weighted by Crippen LogP contribution is 2.42. The summed E-state index contributed by atoms with van der Waals surface area (Å²) in [5.41, 5.74) is 3.03. The Hall–Kier alpha value is -3.40. The van der Waals surface area contributed by atoms with Crippen molar-refractivity contribution in [3.63, 3.8) is 0 Å². The van der Waals surface area contributed by atoms with Crippen LogP contribution in [0.15, 0.2) is 33.7 Å². The zero-order chi connectivity index (χ0) is 22.1. The van der Waals surface area contributed by atoms with Crippen molar-refractivity contribution in [2.24, 2.45) is 0 Å². The standard InChI is InChI=1S/C21H22N4O5S/c1-11-8-14-17(30-11)9-15-21(24-23-12(2)25(14)15)31-10-18(26)22-13-6-7-16(27-3)20(29-5)19(13)28-4/h6-9H,10H2,1-5H3,(H,22,26). The number of amides is 1. The summed E-state index contributed by atoms with van der Waals surface area (Å²) in [4.78, 5) is 12.6. The van der Waals surface area contributed by atoms with E-state index in [2.05, 4.69) is 15.5 Å². The molecule has 0 saturated heterocycles. The van der Waals surface area contributed by atoms with Crippen molar-refractivity contribution in [1.29, 1.82) is 0 Å². The number of carbonyl (C=O) groups excluding carboxylic acids is 1. The van der Waals surface area contributed by atoms with Gasteiger partial charge in [-0.05, 0) is 26.0 Å². The number of aromatic nitrogens is 3. The second-order valence-corrected chi connectivity index (χ2v) is 7.71. The van der Waals surface area contributed by atoms with Gasteiger partial charge in [-0.3, -0.25) is 9.20 Å². The van der Waals surface area contributed by atoms with Crippen molar-refractivity contribution in [2.45, 2.75) is 18.9 Å². The number of aryl methyl sites for hydroxylation is 2. The van der Waals surface area contributed by atoms with E-state index in [4.69, 9.17) is 18.6 Å². The molecule has 0 radical (unpaired) electrons. The van der Waals surface area contributed by atoms with E-state index in [-0.39, 0.29) is 11.7 Å². The first-order chi connectivity index (χ1) is 15.0. The molecule has 0 spiro atoms. The van der Waals surface area contributed by atoms with E-state index in [0.717, 1.165) is 28.2 Å². The second-order valence-electron chi connectivity index (χ2n) is 6.74. The molecule has 0 fully saturated rings. The first-order valence-electron chi connectivity index (χ1n) is 9.43. The van der Waals surface area contributed by atoms with Crippen LogP contribution in [0.2, 0.25) is 0 Å². The summed E-state index contributed by atoms with van der Waals surface area (Å²) in [6, 6.07) is 7.29. The fourth-order valence-corrected chi connectivity index (χ4v) is 4.19. The Morgan fingerprint density at radius 2 is 1.84 bits per heavy atom. The number of furan rings is 1. The van der Waals surface area contributed by atoms with Gasteiger partial charge < -0.3 is 23.9 Å². The van der Waals surface area contributed by atoms with Gasteiger partial charge in [0.15, 0.2) is 17.1 Å². The average Bonchev–Trinajstić information content (AvgIpc) is 3.29. The van der Waals surface area contributed by atoms with Gasteiger partial charge in [0.1, 0.15) is 16.6 Å². The van der Waals surface area contributed by atoms with E-state index >= 15 is 0 Å². The van der Waals surface area contributed by atoms with E-state index < -0.39 is 0 Å². The van der Waals surface area contributed by atoms with Gasteiger partial charge in [0.05, 0.1) is 43.8 Å². The highest BCUT2D eigenvalue weighted by Gasteiger charge is 2.19. The molecule has 0 saturated carbocycles. The molecule has 9 nitrogen and oxygen atoms in total. The summed E-state index contributed by atoms with van der Waals surface area (Å²) in [5, 5.41) is 12.0. The van der Waals surface area contributed by atoms with E-state index in [9.17, 15) is 4.79 Å². The maximum absolute atomic E-state index is 12.6. The molecule has 1 N–H and O–H groups in total. The van der Waals surface area contributed by atoms with Crippen LogP contribution in [0.5, 0.6) is 17.2 Å². The topological polar surface area (TPSA) is 100 Å². The number of methoxy groups -OCH3 is 3. The summed E-state index contributed by atoms with van der Waals surface area (Å²) in [6.07, 6.45) is 0. The smallest absolute Gasteiger partial charge is 0.234 e. The average molecular weight is 442 g/mol. The van der Waals surface area contributed by atoms with Crippen LogP contribution in [-0.2, 0) is 4.79 Å². The molecule has 31 heavy (non-hydrogen) atoms. The molecule has 1 amide bonds. The minimum Gasteiger partial charge on any atom is -0.493 e. The number of carbonyl (C=O) groups is 1. The van der Waals surface area contributed by atoms with Crippen molar-refractivity contribution in [2.75, 3.05) is 32.4 Å². The molecular weight excluding hydrogens is 420 g/mol. The first-order valence-corrected chi connectivity index (χ1v) is 10.4. The predicted molar refractivity (Wildman–Crippen MR) is 118 cm³/mol. The molecule has 0 bridgehead atoms. The Labute approximate surface area is 182 Å². The molecule has 0 aliphatic carbocycles. The van der Waals surface area contributed by atoms with Crippen molar-refractivity contribution in [1.82, 2.24) is 14.6 Å². The number of fused-ring (bicyclic) bond motifs is 3. The van der Waals surface area contributed by atoms with E-state index in [1.54, 1.807) is 12.1 Å². The van der Waals surface area contributed by atoms with Crippen LogP contribution < -0.4 is 19.5 Å². The minimum atomic E-state index is -0.220. The number of hydrogen-bond donors (Lipinski definition) is 1. The fourth-order valence-electron chi connectivity index (χ4n) is 3.46. The summed E-state index contributed by atoms with van der Waals surface area (Å²) in [6.45, 7) is 3.78. The predicted octanol–water partition coefficient (Wildman–Crippen LogP) is 3.85. The lowest BCUT2D eigenvalue weighted by Crippen LogP contribution is -2.15. The highest BCUT2D eigenvalue weighted by molar-refractivity contribution is 8.00. The lowest BCUT2D eigenvalue weighted by Gasteiger charge is -2.16. The van der Waals surface area contributed by atoms with Gasteiger partial charge in [-0.25, -0.2) is 0 Å². The Kier molecular flexibility index (Phi) is 5.64. The number of ether oxygens (including phenoxy) is 3. The van der Waals surface area contributed by atoms with Gasteiger partial charge in [-0.1, -0.05) is 11.8 Å². The third-order valence-corrected chi connectivity index (χ3v) is 5.73. The number of nitrogens with zero attached hydrogens (tertiary/aromatic N) is 3. The maximum atomic E-state index is 12.6. The molecule has 4 aromatic rings. The van der Waals surface area contributed by atoms with Gasteiger partial charge >= 0.3 is 0 Å². The maximum Gasteiger partial charge on any atom is 0.234 e. The van der Waals surface area contributed by atoms with E-state index in [0.29, 0.717) is 28.0 Å². The number of rotatable bonds is 7. The quantitative estimate of drug-likeness (QED) is 0.431. The lowest BCUT2D eigenvalue weighted by atomic mass is 10.2. The molecule has 0 unspecified atom stereocenters. The zero-order valence-corrected chi connectivity index (χ0v) is 18.6. The van der Waals surface area contributed by atoms with Gasteiger partial charge in [0.25, 0.3) is 0 Å². The van der Waals surface area contributed by atoms with E-state index in [1.165, 1.54) is 33.1 Å². The van der Waals surface area contributed by atoms with Crippen LogP contribution in [0.3, 0.4) is 0 Å². The van der Waals surface area contributed by atoms with Gasteiger partial charge in [-0.15, -0.1) is 10.2 Å². The van der Waals surface area contributed by atoms with Crippen LogP contribution in [-0.4, -0.2) is 47.6 Å². The van der Waals surface area contributed by atoms with Crippen LogP contribution >= 0.6 is 11.8 Å². The summed E-state index contributed by atoms with van der Waals surface area (Å²) >= 11 is 1.29. The van der Waals surface area contributed by atoms with Crippen molar-refractivity contribution in [3.8, 4) is 17.2 Å². The van der Waals surface area contributed by atoms with Crippen LogP contribution in [0, 0.1) is 13.8 Å². The number of benzene rings is 1. The molecule has 3 heterocycles. The molecule has 4 rings (SSSR count). The van der Waals surface area contributed by atoms with Crippen LogP contribution in [0.25, 0.3) is 16.6 Å². The third kappa shape index (κ3) is 3.74. The minimum absolute atomic E-state index is 0.135. The Morgan fingerprint density at radius 1 is 1.06 bits per heavy atom. The Bertz CT molecular complexity index is 1280. The van der Waals surface area contributed by atoms with Crippen molar-refractivity contribution < 1.29 is 23.4 Å². The number of nitrogens with one attached hydrogen (secondary N) is 1. The van der Waals surface area contributed by atoms with Gasteiger partial charge in [0, 0.05) is 12.1 Å². The van der Waals surface area contributed by atoms with Gasteiger partial charge in [-0.2, -0.15) is 0 Å². The van der Waals surface area contributed by atoms with Gasteiger partial charge in [0.2, 0.25) is 11.7 Å². The number of anilines is 1. The Morgan fingerprint density at radius 3 is 2.55 bits per heavy atom. The number of hydrogen-bond acceptors (Lipinski definition) is 8. The summed E-state index contributed by atoms with van der Waals surface area (Å²) < 4.78 is 23.8. The molecule has 10 heteroatoms. The molecule has 3 aromatic heterocycles. The zero-order valence-electron chi connectivity index (χ0n) is 17.8. The Balaban J connectivity index is 1.55. The monoisotopic (exact) mass is 442 g/mol. The molecule has 0 aliphatic rings. The second kappa shape index (κ2) is 8.38. The third-order valence-electron chi connectivity index (χ3n) is 4.76. The van der Waals surface area contributed by atoms with Crippen molar-refractivity contribution in [3.05, 3.63) is 35.9 Å². The summed E-state index contributed by atoms with van der Waals surface area (Å²) in [5.74, 6) is 2.80. The highest BCUT2D eigenvalue weighted by atomic mass is 32.2. The van der Waals surface area contributed by atoms with Crippen molar-refractivity contribution >= 4 is 40.0 Å². The molecule has 162 valence electrons. The van der Waals surface area contributed by atoms with Crippen LogP contribution in [0.1, 0.15) is 11.6 Å². The van der Waals surface area contributed by atoms with E-state index in [1.807, 2.05) is 30.4 Å². The summed E-state index contributed by atoms with van der Waals surface area (Å²) in [7, 11) is 4.55. The molecule has 0 atom stereocenters.